The standard InChI is InChI=1S/2C12H10.3C6H6.4C3H8.3C2H6O/c2*1-3-7-11(8-4-1)12-9-5-2-6-10-12;3*1-2-4-6-5-3-1;7*1-3-2/h2*1-10H;3*1-6H;4*3H2,1-2H3;3*1-2H3. The van der Waals surface area contributed by atoms with Crippen LogP contribution < -0.4 is 0 Å². The Hall–Kier alpha value is -5.58. The van der Waals surface area contributed by atoms with Gasteiger partial charge in [0.15, 0.2) is 0 Å². The van der Waals surface area contributed by atoms with E-state index < -0.39 is 0 Å². The van der Waals surface area contributed by atoms with E-state index in [1.807, 2.05) is 133 Å². The van der Waals surface area contributed by atoms with Crippen LogP contribution in [0.2, 0.25) is 0 Å². The van der Waals surface area contributed by atoms with Gasteiger partial charge in [-0.1, -0.05) is 312 Å². The molecule has 0 spiro atoms. The van der Waals surface area contributed by atoms with Crippen molar-refractivity contribution in [2.45, 2.75) is 81.1 Å². The first-order valence-electron chi connectivity index (χ1n) is 22.2. The highest BCUT2D eigenvalue weighted by molar-refractivity contribution is 5.63. The van der Waals surface area contributed by atoms with E-state index in [-0.39, 0.29) is 0 Å². The number of hydrogen-bond acceptors (Lipinski definition) is 3. The molecule has 3 heteroatoms. The van der Waals surface area contributed by atoms with E-state index >= 15 is 0 Å². The molecule has 0 amide bonds. The monoisotopic (exact) mass is 857 g/mol. The molecule has 0 atom stereocenters. The van der Waals surface area contributed by atoms with E-state index in [2.05, 4.69) is 167 Å². The largest absolute Gasteiger partial charge is 0.388 e. The van der Waals surface area contributed by atoms with Crippen molar-refractivity contribution >= 4 is 0 Å². The second-order valence-electron chi connectivity index (χ2n) is 13.0. The summed E-state index contributed by atoms with van der Waals surface area (Å²) in [4.78, 5) is 0. The van der Waals surface area contributed by atoms with E-state index in [4.69, 9.17) is 0 Å². The lowest BCUT2D eigenvalue weighted by Gasteiger charge is -1.98. The zero-order valence-electron chi connectivity index (χ0n) is 42.0. The maximum atomic E-state index is 4.25. The van der Waals surface area contributed by atoms with Crippen LogP contribution in [0.1, 0.15) is 81.1 Å². The topological polar surface area (TPSA) is 27.7 Å². The van der Waals surface area contributed by atoms with Crippen LogP contribution >= 0.6 is 0 Å². The molecular weight excluding hydrogens is 769 g/mol. The fourth-order valence-corrected chi connectivity index (χ4v) is 3.68. The fourth-order valence-electron chi connectivity index (χ4n) is 3.68. The summed E-state index contributed by atoms with van der Waals surface area (Å²) < 4.78 is 12.8. The minimum Gasteiger partial charge on any atom is -0.388 e. The number of rotatable bonds is 2. The van der Waals surface area contributed by atoms with Gasteiger partial charge in [0, 0.05) is 42.7 Å². The summed E-state index contributed by atoms with van der Waals surface area (Å²) in [5.41, 5.74) is 5.10. The van der Waals surface area contributed by atoms with Crippen molar-refractivity contribution in [3.05, 3.63) is 231 Å². The van der Waals surface area contributed by atoms with E-state index in [9.17, 15) is 0 Å². The molecule has 0 fully saturated rings. The van der Waals surface area contributed by atoms with Crippen LogP contribution in [0.15, 0.2) is 231 Å². The lowest BCUT2D eigenvalue weighted by atomic mass is 10.1. The molecular formula is C60H88O3. The molecule has 0 saturated heterocycles. The highest BCUT2D eigenvalue weighted by atomic mass is 16.5. The Balaban J connectivity index is -0.000000205. The summed E-state index contributed by atoms with van der Waals surface area (Å²) in [6.45, 7) is 17.0. The van der Waals surface area contributed by atoms with Gasteiger partial charge in [0.05, 0.1) is 0 Å². The van der Waals surface area contributed by atoms with Gasteiger partial charge in [0.25, 0.3) is 0 Å². The highest BCUT2D eigenvalue weighted by Crippen LogP contribution is 2.18. The van der Waals surface area contributed by atoms with Crippen molar-refractivity contribution < 1.29 is 14.2 Å². The van der Waals surface area contributed by atoms with Gasteiger partial charge in [-0.3, -0.25) is 0 Å². The molecule has 63 heavy (non-hydrogen) atoms. The van der Waals surface area contributed by atoms with Gasteiger partial charge in [-0.15, -0.1) is 0 Å². The SMILES string of the molecule is CCC.CCC.CCC.CCC.COC.COC.COC.c1ccc(-c2ccccc2)cc1.c1ccc(-c2ccccc2)cc1.c1ccccc1.c1ccccc1.c1ccccc1. The average Bonchev–Trinajstić information content (AvgIpc) is 3.35. The van der Waals surface area contributed by atoms with Crippen molar-refractivity contribution in [2.75, 3.05) is 42.7 Å². The third-order valence-corrected chi connectivity index (χ3v) is 5.76. The quantitative estimate of drug-likeness (QED) is 0.173. The number of hydrogen-bond donors (Lipinski definition) is 0. The smallest absolute Gasteiger partial charge is 0.0351 e. The number of benzene rings is 7. The minimum absolute atomic E-state index is 1.25. The maximum Gasteiger partial charge on any atom is 0.0351 e. The molecule has 0 aliphatic heterocycles. The molecule has 7 aromatic carbocycles. The van der Waals surface area contributed by atoms with E-state index in [1.54, 1.807) is 42.7 Å². The normalized spacial score (nSPS) is 7.97. The molecule has 0 aliphatic carbocycles. The molecule has 7 rings (SSSR count). The second-order valence-corrected chi connectivity index (χ2v) is 13.0. The summed E-state index contributed by atoms with van der Waals surface area (Å²) >= 11 is 0. The Morgan fingerprint density at radius 3 is 0.333 bits per heavy atom. The molecule has 3 nitrogen and oxygen atoms in total. The first-order chi connectivity index (χ1) is 30.8. The molecule has 346 valence electrons. The maximum absolute atomic E-state index is 4.25. The first-order valence-corrected chi connectivity index (χ1v) is 22.2. The van der Waals surface area contributed by atoms with Crippen LogP contribution in [0.3, 0.4) is 0 Å². The second kappa shape index (κ2) is 65.5. The predicted octanol–water partition coefficient (Wildman–Crippen LogP) is 18.2. The number of ether oxygens (including phenoxy) is 3. The first kappa shape index (κ1) is 66.5. The molecule has 0 bridgehead atoms. The van der Waals surface area contributed by atoms with Gasteiger partial charge >= 0.3 is 0 Å². The Labute approximate surface area is 389 Å². The Kier molecular flexibility index (Phi) is 69.2. The molecule has 0 aromatic heterocycles. The lowest BCUT2D eigenvalue weighted by molar-refractivity contribution is 0.277. The van der Waals surface area contributed by atoms with Crippen LogP contribution in [-0.2, 0) is 14.2 Å². The summed E-state index contributed by atoms with van der Waals surface area (Å²) in [7, 11) is 9.75. The van der Waals surface area contributed by atoms with Crippen LogP contribution in [0.5, 0.6) is 0 Å². The highest BCUT2D eigenvalue weighted by Gasteiger charge is 1.92. The summed E-state index contributed by atoms with van der Waals surface area (Å²) in [5, 5.41) is 0. The van der Waals surface area contributed by atoms with Crippen LogP contribution in [0.25, 0.3) is 22.3 Å². The van der Waals surface area contributed by atoms with Crippen LogP contribution in [-0.4, -0.2) is 42.7 Å². The van der Waals surface area contributed by atoms with Gasteiger partial charge in [0.1, 0.15) is 0 Å². The van der Waals surface area contributed by atoms with E-state index in [0.29, 0.717) is 0 Å². The minimum atomic E-state index is 1.25. The van der Waals surface area contributed by atoms with E-state index in [1.165, 1.54) is 47.9 Å². The Bertz CT molecular complexity index is 1310. The molecule has 7 aromatic rings. The van der Waals surface area contributed by atoms with Crippen molar-refractivity contribution in [2.24, 2.45) is 0 Å². The van der Waals surface area contributed by atoms with Crippen molar-refractivity contribution in [3.63, 3.8) is 0 Å². The fraction of sp³-hybridized carbons (Fsp3) is 0.300. The van der Waals surface area contributed by atoms with E-state index in [0.717, 1.165) is 0 Å². The number of methoxy groups -OCH3 is 3. The summed E-state index contributed by atoms with van der Waals surface area (Å²) in [5.74, 6) is 0. The molecule has 0 N–H and O–H groups in total. The van der Waals surface area contributed by atoms with Gasteiger partial charge in [-0.25, -0.2) is 0 Å². The molecule has 0 saturated carbocycles. The molecule has 0 unspecified atom stereocenters. The van der Waals surface area contributed by atoms with Crippen molar-refractivity contribution in [1.29, 1.82) is 0 Å². The van der Waals surface area contributed by atoms with Crippen LogP contribution in [0, 0.1) is 0 Å². The van der Waals surface area contributed by atoms with Crippen LogP contribution in [0.4, 0.5) is 0 Å². The zero-order chi connectivity index (χ0) is 48.1. The third-order valence-electron chi connectivity index (χ3n) is 5.76. The molecule has 0 heterocycles. The van der Waals surface area contributed by atoms with Gasteiger partial charge in [0.2, 0.25) is 0 Å². The lowest BCUT2D eigenvalue weighted by Crippen LogP contribution is -1.73. The van der Waals surface area contributed by atoms with Gasteiger partial charge in [-0.2, -0.15) is 0 Å². The Morgan fingerprint density at radius 2 is 0.254 bits per heavy atom. The Morgan fingerprint density at radius 1 is 0.190 bits per heavy atom. The van der Waals surface area contributed by atoms with Crippen molar-refractivity contribution in [3.8, 4) is 22.3 Å². The van der Waals surface area contributed by atoms with Gasteiger partial charge < -0.3 is 14.2 Å². The van der Waals surface area contributed by atoms with Gasteiger partial charge in [-0.05, 0) is 22.3 Å². The summed E-state index contributed by atoms with van der Waals surface area (Å²) in [6, 6.07) is 77.6. The zero-order valence-corrected chi connectivity index (χ0v) is 42.0. The molecule has 0 aliphatic rings. The molecule has 0 radical (unpaired) electrons. The predicted molar refractivity (Wildman–Crippen MR) is 286 cm³/mol. The third kappa shape index (κ3) is 60.8. The van der Waals surface area contributed by atoms with Crippen molar-refractivity contribution in [1.82, 2.24) is 0 Å². The average molecular weight is 857 g/mol. The summed E-state index contributed by atoms with van der Waals surface area (Å²) in [6.07, 6.45) is 5.00.